The van der Waals surface area contributed by atoms with Crippen LogP contribution in [0, 0.1) is 0 Å². The lowest BCUT2D eigenvalue weighted by Crippen LogP contribution is -2.57. The van der Waals surface area contributed by atoms with E-state index in [1.54, 1.807) is 0 Å². The highest BCUT2D eigenvalue weighted by molar-refractivity contribution is 6.31. The number of alkyl halides is 3. The van der Waals surface area contributed by atoms with Gasteiger partial charge in [-0.2, -0.15) is 13.2 Å². The van der Waals surface area contributed by atoms with Gasteiger partial charge in [0.25, 0.3) is 5.60 Å². The summed E-state index contributed by atoms with van der Waals surface area (Å²) in [5, 5.41) is 11.9. The van der Waals surface area contributed by atoms with Crippen molar-refractivity contribution in [3.63, 3.8) is 0 Å². The van der Waals surface area contributed by atoms with E-state index >= 15 is 0 Å². The molecule has 0 saturated carbocycles. The van der Waals surface area contributed by atoms with Crippen molar-refractivity contribution in [3.8, 4) is 0 Å². The van der Waals surface area contributed by atoms with Crippen molar-refractivity contribution in [2.45, 2.75) is 11.8 Å². The van der Waals surface area contributed by atoms with Gasteiger partial charge < -0.3 is 9.84 Å². The molecule has 0 radical (unpaired) electrons. The minimum absolute atomic E-state index is 0.0412. The van der Waals surface area contributed by atoms with Gasteiger partial charge in [0.1, 0.15) is 0 Å². The Kier molecular flexibility index (Phi) is 5.07. The third kappa shape index (κ3) is 3.55. The zero-order chi connectivity index (χ0) is 20.7. The molecular weight excluding hydrogens is 424 g/mol. The number of anilines is 2. The number of amides is 2. The summed E-state index contributed by atoms with van der Waals surface area (Å²) in [7, 11) is 0. The van der Waals surface area contributed by atoms with Crippen LogP contribution in [0.5, 0.6) is 0 Å². The second-order valence-corrected chi connectivity index (χ2v) is 6.75. The van der Waals surface area contributed by atoms with E-state index in [9.17, 15) is 27.9 Å². The predicted molar refractivity (Wildman–Crippen MR) is 96.1 cm³/mol. The molecule has 6 nitrogen and oxygen atoms in total. The third-order valence-electron chi connectivity index (χ3n) is 4.13. The highest BCUT2D eigenvalue weighted by atomic mass is 35.5. The smallest absolute Gasteiger partial charge is 0.434 e. The molecule has 11 heteroatoms. The van der Waals surface area contributed by atoms with Gasteiger partial charge in [0.15, 0.2) is 0 Å². The molecule has 0 fully saturated rings. The van der Waals surface area contributed by atoms with E-state index < -0.39 is 36.1 Å². The predicted octanol–water partition coefficient (Wildman–Crippen LogP) is 5.50. The molecule has 0 aliphatic carbocycles. The molecule has 3 rings (SSSR count). The molecule has 0 bridgehead atoms. The first-order valence-electron chi connectivity index (χ1n) is 7.66. The highest BCUT2D eigenvalue weighted by Crippen LogP contribution is 2.49. The minimum atomic E-state index is -5.15. The first kappa shape index (κ1) is 20.1. The maximum absolute atomic E-state index is 14.2. The Hall–Kier alpha value is -2.65. The van der Waals surface area contributed by atoms with Gasteiger partial charge >= 0.3 is 18.4 Å². The van der Waals surface area contributed by atoms with Crippen molar-refractivity contribution in [3.05, 3.63) is 58.1 Å². The lowest BCUT2D eigenvalue weighted by molar-refractivity contribution is -0.260. The van der Waals surface area contributed by atoms with Crippen molar-refractivity contribution in [1.29, 1.82) is 0 Å². The number of nitrogens with zero attached hydrogens (tertiary/aromatic N) is 1. The van der Waals surface area contributed by atoms with Crippen LogP contribution in [0.15, 0.2) is 42.5 Å². The van der Waals surface area contributed by atoms with Crippen LogP contribution in [0.1, 0.15) is 5.56 Å². The summed E-state index contributed by atoms with van der Waals surface area (Å²) in [6, 6.07) is 8.59. The molecule has 0 saturated heterocycles. The average molecular weight is 435 g/mol. The SMILES string of the molecule is O=C1Nc2ccc(Cl)cc2C(CN(C(=O)O)c2ccc(Cl)cc2)(C(F)(F)F)O1. The van der Waals surface area contributed by atoms with Crippen LogP contribution in [-0.2, 0) is 10.3 Å². The Balaban J connectivity index is 2.18. The number of carboxylic acid groups (broad SMARTS) is 1. The summed E-state index contributed by atoms with van der Waals surface area (Å²) in [4.78, 5) is 24.0. The highest BCUT2D eigenvalue weighted by Gasteiger charge is 2.63. The zero-order valence-electron chi connectivity index (χ0n) is 13.8. The number of nitrogens with one attached hydrogen (secondary N) is 1. The fourth-order valence-corrected chi connectivity index (χ4v) is 3.14. The van der Waals surface area contributed by atoms with Crippen LogP contribution >= 0.6 is 23.2 Å². The van der Waals surface area contributed by atoms with Gasteiger partial charge in [-0.1, -0.05) is 23.2 Å². The molecule has 2 aromatic rings. The summed E-state index contributed by atoms with van der Waals surface area (Å²) in [6.45, 7) is -1.24. The van der Waals surface area contributed by atoms with E-state index in [2.05, 4.69) is 10.1 Å². The number of hydrogen-bond donors (Lipinski definition) is 2. The van der Waals surface area contributed by atoms with Gasteiger partial charge in [-0.05, 0) is 42.5 Å². The average Bonchev–Trinajstić information content (AvgIpc) is 2.59. The summed E-state index contributed by atoms with van der Waals surface area (Å²) in [6.07, 6.45) is -8.19. The van der Waals surface area contributed by atoms with E-state index in [1.807, 2.05) is 0 Å². The number of cyclic esters (lactones) is 1. The Labute approximate surface area is 166 Å². The fraction of sp³-hybridized carbons (Fsp3) is 0.176. The molecule has 2 amide bonds. The summed E-state index contributed by atoms with van der Waals surface area (Å²) in [5.74, 6) is 0. The number of carbonyl (C=O) groups is 2. The molecular formula is C17H11Cl2F3N2O4. The van der Waals surface area contributed by atoms with Gasteiger partial charge in [0.05, 0.1) is 12.2 Å². The van der Waals surface area contributed by atoms with Crippen LogP contribution in [-0.4, -0.2) is 30.0 Å². The summed E-state index contributed by atoms with van der Waals surface area (Å²) < 4.78 is 47.3. The molecule has 1 atom stereocenters. The number of halogens is 5. The number of rotatable bonds is 3. The molecule has 28 heavy (non-hydrogen) atoms. The Morgan fingerprint density at radius 2 is 1.75 bits per heavy atom. The van der Waals surface area contributed by atoms with Gasteiger partial charge in [0, 0.05) is 21.3 Å². The largest absolute Gasteiger partial charge is 0.465 e. The number of fused-ring (bicyclic) bond motifs is 1. The van der Waals surface area contributed by atoms with Crippen LogP contribution in [0.3, 0.4) is 0 Å². The number of carbonyl (C=O) groups excluding carboxylic acids is 1. The third-order valence-corrected chi connectivity index (χ3v) is 4.62. The molecule has 2 N–H and O–H groups in total. The summed E-state index contributed by atoms with van der Waals surface area (Å²) in [5.41, 5.74) is -4.04. The molecule has 148 valence electrons. The lowest BCUT2D eigenvalue weighted by Gasteiger charge is -2.41. The van der Waals surface area contributed by atoms with Crippen molar-refractivity contribution in [1.82, 2.24) is 0 Å². The molecule has 1 aliphatic rings. The first-order chi connectivity index (χ1) is 13.0. The second kappa shape index (κ2) is 7.06. The topological polar surface area (TPSA) is 78.9 Å². The van der Waals surface area contributed by atoms with Crippen molar-refractivity contribution < 1.29 is 32.6 Å². The van der Waals surface area contributed by atoms with E-state index in [1.165, 1.54) is 36.4 Å². The molecule has 2 aromatic carbocycles. The number of benzene rings is 2. The summed E-state index contributed by atoms with van der Waals surface area (Å²) >= 11 is 11.6. The quantitative estimate of drug-likeness (QED) is 0.668. The molecule has 1 unspecified atom stereocenters. The Morgan fingerprint density at radius 1 is 1.14 bits per heavy atom. The van der Waals surface area contributed by atoms with Gasteiger partial charge in [-0.15, -0.1) is 0 Å². The molecule has 1 aliphatic heterocycles. The zero-order valence-corrected chi connectivity index (χ0v) is 15.3. The van der Waals surface area contributed by atoms with Crippen LogP contribution in [0.25, 0.3) is 0 Å². The Bertz CT molecular complexity index is 937. The van der Waals surface area contributed by atoms with Crippen LogP contribution in [0.4, 0.5) is 34.1 Å². The monoisotopic (exact) mass is 434 g/mol. The lowest BCUT2D eigenvalue weighted by atomic mass is 9.89. The van der Waals surface area contributed by atoms with Crippen LogP contribution < -0.4 is 10.2 Å². The maximum atomic E-state index is 14.2. The van der Waals surface area contributed by atoms with Crippen molar-refractivity contribution >= 4 is 46.8 Å². The molecule has 0 aromatic heterocycles. The van der Waals surface area contributed by atoms with E-state index in [0.717, 1.165) is 6.07 Å². The van der Waals surface area contributed by atoms with Crippen LogP contribution in [0.2, 0.25) is 10.0 Å². The van der Waals surface area contributed by atoms with E-state index in [-0.39, 0.29) is 21.4 Å². The molecule has 1 heterocycles. The Morgan fingerprint density at radius 3 is 2.32 bits per heavy atom. The van der Waals surface area contributed by atoms with Gasteiger partial charge in [-0.3, -0.25) is 10.2 Å². The first-order valence-corrected chi connectivity index (χ1v) is 8.42. The van der Waals surface area contributed by atoms with Gasteiger partial charge in [0.2, 0.25) is 0 Å². The normalized spacial score (nSPS) is 18.7. The molecule has 0 spiro atoms. The standard InChI is InChI=1S/C17H11Cl2F3N2O4/c18-9-1-4-11(5-2-9)24(15(26)27)8-16(17(20,21)22)12-7-10(19)3-6-13(12)23-14(25)28-16/h1-7H,8H2,(H,23,25)(H,26,27). The fourth-order valence-electron chi connectivity index (χ4n) is 2.84. The number of hydrogen-bond acceptors (Lipinski definition) is 3. The van der Waals surface area contributed by atoms with Gasteiger partial charge in [-0.25, -0.2) is 9.59 Å². The number of ether oxygens (including phenoxy) is 1. The maximum Gasteiger partial charge on any atom is 0.434 e. The van der Waals surface area contributed by atoms with E-state index in [4.69, 9.17) is 23.2 Å². The second-order valence-electron chi connectivity index (χ2n) is 5.87. The minimum Gasteiger partial charge on any atom is -0.465 e. The van der Waals surface area contributed by atoms with Crippen molar-refractivity contribution in [2.75, 3.05) is 16.8 Å². The van der Waals surface area contributed by atoms with E-state index in [0.29, 0.717) is 4.90 Å². The van der Waals surface area contributed by atoms with Crippen molar-refractivity contribution in [2.24, 2.45) is 0 Å².